The first-order chi connectivity index (χ1) is 4.86. The molecule has 76 valence electrons. The first kappa shape index (κ1) is 15.2. The summed E-state index contributed by atoms with van der Waals surface area (Å²) in [7, 11) is 0. The molecule has 0 amide bonds. The van der Waals surface area contributed by atoms with E-state index in [0.29, 0.717) is 0 Å². The Morgan fingerprint density at radius 1 is 1.17 bits per heavy atom. The van der Waals surface area contributed by atoms with Crippen molar-refractivity contribution >= 4 is 48.2 Å². The van der Waals surface area contributed by atoms with E-state index in [0.717, 1.165) is 5.75 Å². The number of thioether (sulfide) groups is 1. The predicted molar refractivity (Wildman–Crippen MR) is 43.1 cm³/mol. The van der Waals surface area contributed by atoms with Gasteiger partial charge in [0.15, 0.2) is 11.8 Å². The average molecular weight is 341 g/mol. The van der Waals surface area contributed by atoms with Gasteiger partial charge in [-0.25, -0.2) is 0 Å². The number of halogens is 6. The van der Waals surface area contributed by atoms with Crippen LogP contribution in [0.4, 0.5) is 16.9 Å². The van der Waals surface area contributed by atoms with Crippen molar-refractivity contribution in [2.45, 2.75) is 6.92 Å². The van der Waals surface area contributed by atoms with Crippen LogP contribution < -0.4 is 0 Å². The van der Waals surface area contributed by atoms with Crippen molar-refractivity contribution in [1.29, 1.82) is 0 Å². The third kappa shape index (κ3) is 135. The van der Waals surface area contributed by atoms with Gasteiger partial charge >= 0.3 is 41.1 Å². The quantitative estimate of drug-likeness (QED) is 0.325. The molecule has 12 heavy (non-hydrogen) atoms. The summed E-state index contributed by atoms with van der Waals surface area (Å²) in [5, 5.41) is 0. The Morgan fingerprint density at radius 2 is 1.42 bits per heavy atom. The third-order valence-corrected chi connectivity index (χ3v) is 0.963. The fraction of sp³-hybridized carbons (Fsp3) is 0.667. The number of hydrogen-bond acceptors (Lipinski definition) is 2. The summed E-state index contributed by atoms with van der Waals surface area (Å²) in [6, 6.07) is 0. The van der Waals surface area contributed by atoms with Gasteiger partial charge < -0.3 is 0 Å². The average Bonchev–Trinajstić information content (AvgIpc) is 1.58. The van der Waals surface area contributed by atoms with Crippen LogP contribution in [0.15, 0.2) is 0 Å². The van der Waals surface area contributed by atoms with E-state index < -0.39 is 19.5 Å². The van der Waals surface area contributed by atoms with E-state index in [4.69, 9.17) is 0 Å². The Bertz CT molecular complexity index is 133. The standard InChI is InChI=1S/C3H5S2.6FH.Sb/c1-2-5-3-4;;;;;;;/h2H2,1H3;6*1H;/q+1;;;;;;;+5/p-6. The second-order valence-corrected chi connectivity index (χ2v) is 8.48. The van der Waals surface area contributed by atoms with Gasteiger partial charge in [0, 0.05) is 5.75 Å². The summed E-state index contributed by atoms with van der Waals surface area (Å²) >= 11 is -5.36. The van der Waals surface area contributed by atoms with Gasteiger partial charge in [0.1, 0.15) is 0 Å². The summed E-state index contributed by atoms with van der Waals surface area (Å²) in [5.74, 6) is 1.05. The molecule has 0 bridgehead atoms. The maximum absolute atomic E-state index is 11.2. The monoisotopic (exact) mass is 340 g/mol. The van der Waals surface area contributed by atoms with Crippen LogP contribution in [-0.2, 0) is 0 Å². The molecule has 0 heterocycles. The van der Waals surface area contributed by atoms with Gasteiger partial charge in [0.05, 0.1) is 0 Å². The second kappa shape index (κ2) is 3.86. The molecule has 0 nitrogen and oxygen atoms in total. The van der Waals surface area contributed by atoms with Crippen molar-refractivity contribution < 1.29 is 16.9 Å². The molecule has 0 aromatic carbocycles. The molecule has 0 saturated carbocycles. The van der Waals surface area contributed by atoms with Gasteiger partial charge in [-0.2, -0.15) is 0 Å². The first-order valence-corrected chi connectivity index (χ1v) is 9.60. The molecule has 0 aliphatic carbocycles. The van der Waals surface area contributed by atoms with Crippen LogP contribution in [0, 0.1) is 0 Å². The van der Waals surface area contributed by atoms with Crippen LogP contribution in [0.25, 0.3) is 0 Å². The zero-order chi connectivity index (χ0) is 10.5. The van der Waals surface area contributed by atoms with Crippen molar-refractivity contribution in [3.05, 3.63) is 0 Å². The Hall–Kier alpha value is 0.748. The zero-order valence-corrected chi connectivity index (χ0v) is 9.92. The molecule has 0 aromatic rings. The van der Waals surface area contributed by atoms with Gasteiger partial charge in [-0.05, 0) is 0 Å². The normalized spacial score (nSPS) is 16.2. The fourth-order valence-electron chi connectivity index (χ4n) is 0.0589. The van der Waals surface area contributed by atoms with Crippen molar-refractivity contribution in [1.82, 2.24) is 0 Å². The van der Waals surface area contributed by atoms with E-state index in [2.05, 4.69) is 16.9 Å². The van der Waals surface area contributed by atoms with E-state index in [1.807, 2.05) is 6.92 Å². The predicted octanol–water partition coefficient (Wildman–Crippen LogP) is 3.71. The topological polar surface area (TPSA) is 0 Å². The Labute approximate surface area is 77.6 Å². The van der Waals surface area contributed by atoms with Gasteiger partial charge in [-0.15, -0.1) is 0 Å². The molecule has 0 unspecified atom stereocenters. The fourth-order valence-corrected chi connectivity index (χ4v) is 0.530. The summed E-state index contributed by atoms with van der Waals surface area (Å²) in [4.78, 5) is 0. The molecule has 0 aliphatic heterocycles. The van der Waals surface area contributed by atoms with E-state index >= 15 is 0 Å². The molecule has 0 atom stereocenters. The van der Waals surface area contributed by atoms with Gasteiger partial charge in [-0.3, -0.25) is 0 Å². The summed E-state index contributed by atoms with van der Waals surface area (Å²) in [5.41, 5.74) is 0. The molecule has 0 aromatic heterocycles. The molecule has 9 heteroatoms. The molecule has 0 N–H and O–H groups in total. The second-order valence-electron chi connectivity index (χ2n) is 1.47. The number of thiocarbonyl (C=S) groups is 1. The number of rotatable bonds is 2. The van der Waals surface area contributed by atoms with E-state index in [1.165, 1.54) is 11.8 Å². The molecular weight excluding hydrogens is 336 g/mol. The Morgan fingerprint density at radius 3 is 1.42 bits per heavy atom. The van der Waals surface area contributed by atoms with Crippen LogP contribution in [-0.4, -0.2) is 29.9 Å². The van der Waals surface area contributed by atoms with Gasteiger partial charge in [0.25, 0.3) is 12.2 Å². The summed E-state index contributed by atoms with van der Waals surface area (Å²) < 4.78 is 62.1. The Kier molecular flexibility index (Phi) is 4.90. The van der Waals surface area contributed by atoms with Crippen LogP contribution in [0.3, 0.4) is 0 Å². The van der Waals surface area contributed by atoms with E-state index in [1.54, 1.807) is 0 Å². The SMILES string of the molecule is CCS[C+]=S.[F][Sb-]([F])([F])([F])([F])[F]. The van der Waals surface area contributed by atoms with Crippen molar-refractivity contribution in [3.63, 3.8) is 0 Å². The van der Waals surface area contributed by atoms with E-state index in [-0.39, 0.29) is 0 Å². The first-order valence-electron chi connectivity index (χ1n) is 2.42. The molecule has 0 fully saturated rings. The minimum absolute atomic E-state index is 1.05. The molecule has 0 spiro atoms. The maximum atomic E-state index is 9.93. The van der Waals surface area contributed by atoms with Crippen LogP contribution in [0.5, 0.6) is 0 Å². The molecular formula is C3H5F6S2Sb. The van der Waals surface area contributed by atoms with Gasteiger partial charge in [0.2, 0.25) is 0 Å². The molecule has 0 rings (SSSR count). The Balaban J connectivity index is 0. The minimum atomic E-state index is -11.2. The zero-order valence-electron chi connectivity index (χ0n) is 5.74. The van der Waals surface area contributed by atoms with Crippen molar-refractivity contribution in [3.8, 4) is 0 Å². The van der Waals surface area contributed by atoms with Crippen LogP contribution >= 0.6 is 24.0 Å². The van der Waals surface area contributed by atoms with Crippen LogP contribution in [0.1, 0.15) is 6.92 Å². The summed E-state index contributed by atoms with van der Waals surface area (Å²) in [6.45, 7) is 2.05. The third-order valence-electron chi connectivity index (χ3n) is 0.203. The number of hydrogen-bond donors (Lipinski definition) is 0. The summed E-state index contributed by atoms with van der Waals surface area (Å²) in [6.07, 6.45) is 0. The molecule has 0 saturated heterocycles. The van der Waals surface area contributed by atoms with Gasteiger partial charge in [-0.1, -0.05) is 6.92 Å². The van der Waals surface area contributed by atoms with Crippen molar-refractivity contribution in [2.75, 3.05) is 5.75 Å². The van der Waals surface area contributed by atoms with Crippen molar-refractivity contribution in [2.24, 2.45) is 0 Å². The van der Waals surface area contributed by atoms with Crippen LogP contribution in [0.2, 0.25) is 0 Å². The molecule has 0 aliphatic rings. The molecule has 0 radical (unpaired) electrons. The van der Waals surface area contributed by atoms with E-state index in [9.17, 15) is 16.9 Å².